The number of benzene rings is 2. The van der Waals surface area contributed by atoms with Gasteiger partial charge in [-0.25, -0.2) is 4.39 Å². The fourth-order valence-electron chi connectivity index (χ4n) is 3.32. The van der Waals surface area contributed by atoms with Crippen LogP contribution in [0.1, 0.15) is 43.8 Å². The maximum Gasteiger partial charge on any atom is 0.243 e. The second-order valence-corrected chi connectivity index (χ2v) is 7.51. The molecule has 2 aromatic carbocycles. The Morgan fingerprint density at radius 3 is 2.85 bits per heavy atom. The third kappa shape index (κ3) is 3.71. The summed E-state index contributed by atoms with van der Waals surface area (Å²) in [6.45, 7) is 6.77. The Balaban J connectivity index is 1.46. The van der Waals surface area contributed by atoms with E-state index < -0.39 is 0 Å². The minimum Gasteiger partial charge on any atom is -0.487 e. The normalized spacial score (nSPS) is 16.0. The molecule has 0 radical (unpaired) electrons. The standard InChI is InChI=1S/C21H22FN3O2/c1-13(20-24-19(25-27-20)14-6-5-9-17(22)10-14)23-12-16-8-4-7-15-11-21(2,3)26-18(15)16/h4-10,13,23H,11-12H2,1-3H3. The van der Waals surface area contributed by atoms with Gasteiger partial charge < -0.3 is 14.6 Å². The molecule has 140 valence electrons. The molecular weight excluding hydrogens is 345 g/mol. The van der Waals surface area contributed by atoms with Crippen LogP contribution in [0.15, 0.2) is 47.0 Å². The summed E-state index contributed by atoms with van der Waals surface area (Å²) in [5.41, 5.74) is 2.76. The second-order valence-electron chi connectivity index (χ2n) is 7.51. The summed E-state index contributed by atoms with van der Waals surface area (Å²) < 4.78 is 24.8. The van der Waals surface area contributed by atoms with Gasteiger partial charge in [0, 0.05) is 24.1 Å². The van der Waals surface area contributed by atoms with Crippen molar-refractivity contribution in [2.45, 2.75) is 45.4 Å². The van der Waals surface area contributed by atoms with Crippen LogP contribution in [0.5, 0.6) is 5.75 Å². The Bertz CT molecular complexity index is 968. The minimum absolute atomic E-state index is 0.148. The van der Waals surface area contributed by atoms with E-state index in [-0.39, 0.29) is 17.5 Å². The molecule has 4 rings (SSSR count). The molecule has 1 atom stereocenters. The smallest absolute Gasteiger partial charge is 0.243 e. The third-order valence-corrected chi connectivity index (χ3v) is 4.67. The first-order valence-corrected chi connectivity index (χ1v) is 9.04. The molecule has 0 bridgehead atoms. The van der Waals surface area contributed by atoms with Crippen molar-refractivity contribution in [3.8, 4) is 17.1 Å². The van der Waals surface area contributed by atoms with Gasteiger partial charge in [-0.05, 0) is 38.5 Å². The highest BCUT2D eigenvalue weighted by Gasteiger charge is 2.31. The van der Waals surface area contributed by atoms with Gasteiger partial charge >= 0.3 is 0 Å². The first-order chi connectivity index (χ1) is 12.9. The molecule has 0 saturated carbocycles. The number of hydrogen-bond acceptors (Lipinski definition) is 5. The molecule has 1 aromatic heterocycles. The minimum atomic E-state index is -0.328. The molecule has 0 aliphatic carbocycles. The molecule has 27 heavy (non-hydrogen) atoms. The molecule has 1 aliphatic rings. The Morgan fingerprint density at radius 2 is 2.04 bits per heavy atom. The zero-order valence-electron chi connectivity index (χ0n) is 15.6. The van der Waals surface area contributed by atoms with E-state index in [1.807, 2.05) is 6.92 Å². The predicted octanol–water partition coefficient (Wildman–Crippen LogP) is 4.44. The summed E-state index contributed by atoms with van der Waals surface area (Å²) in [5.74, 6) is 1.48. The lowest BCUT2D eigenvalue weighted by atomic mass is 10.0. The van der Waals surface area contributed by atoms with Gasteiger partial charge in [0.25, 0.3) is 0 Å². The van der Waals surface area contributed by atoms with Gasteiger partial charge in [-0.3, -0.25) is 0 Å². The van der Waals surface area contributed by atoms with Gasteiger partial charge in [-0.2, -0.15) is 4.98 Å². The van der Waals surface area contributed by atoms with E-state index in [4.69, 9.17) is 9.26 Å². The number of nitrogens with zero attached hydrogens (tertiary/aromatic N) is 2. The van der Waals surface area contributed by atoms with Crippen molar-refractivity contribution >= 4 is 0 Å². The van der Waals surface area contributed by atoms with Crippen LogP contribution >= 0.6 is 0 Å². The van der Waals surface area contributed by atoms with E-state index in [0.717, 1.165) is 17.7 Å². The van der Waals surface area contributed by atoms with Gasteiger partial charge in [0.2, 0.25) is 11.7 Å². The second kappa shape index (κ2) is 6.78. The Morgan fingerprint density at radius 1 is 1.22 bits per heavy atom. The topological polar surface area (TPSA) is 60.2 Å². The van der Waals surface area contributed by atoms with Crippen LogP contribution in [0.4, 0.5) is 4.39 Å². The molecular formula is C21H22FN3O2. The number of aromatic nitrogens is 2. The molecule has 0 saturated heterocycles. The van der Waals surface area contributed by atoms with Crippen LogP contribution in [0.25, 0.3) is 11.4 Å². The monoisotopic (exact) mass is 367 g/mol. The molecule has 0 spiro atoms. The van der Waals surface area contributed by atoms with Gasteiger partial charge in [0.1, 0.15) is 17.2 Å². The number of ether oxygens (including phenoxy) is 1. The number of fused-ring (bicyclic) bond motifs is 1. The summed E-state index contributed by atoms with van der Waals surface area (Å²) >= 11 is 0. The lowest BCUT2D eigenvalue weighted by Crippen LogP contribution is -2.25. The van der Waals surface area contributed by atoms with Crippen molar-refractivity contribution in [1.29, 1.82) is 0 Å². The van der Waals surface area contributed by atoms with Crippen LogP contribution in [-0.2, 0) is 13.0 Å². The molecule has 1 aliphatic heterocycles. The lowest BCUT2D eigenvalue weighted by Gasteiger charge is -2.18. The van der Waals surface area contributed by atoms with Crippen molar-refractivity contribution in [3.63, 3.8) is 0 Å². The summed E-state index contributed by atoms with van der Waals surface area (Å²) in [6.07, 6.45) is 0.909. The SMILES string of the molecule is CC(NCc1cccc2c1OC(C)(C)C2)c1nc(-c2cccc(F)c2)no1. The average Bonchev–Trinajstić information content (AvgIpc) is 3.23. The fourth-order valence-corrected chi connectivity index (χ4v) is 3.32. The number of halogens is 1. The maximum atomic E-state index is 13.4. The van der Waals surface area contributed by atoms with Crippen LogP contribution in [0.3, 0.4) is 0 Å². The van der Waals surface area contributed by atoms with E-state index in [0.29, 0.717) is 23.8 Å². The first-order valence-electron chi connectivity index (χ1n) is 9.04. The van der Waals surface area contributed by atoms with Crippen molar-refractivity contribution < 1.29 is 13.7 Å². The highest BCUT2D eigenvalue weighted by molar-refractivity contribution is 5.54. The maximum absolute atomic E-state index is 13.4. The Hall–Kier alpha value is -2.73. The average molecular weight is 367 g/mol. The van der Waals surface area contributed by atoms with Crippen molar-refractivity contribution in [2.75, 3.05) is 0 Å². The molecule has 6 heteroatoms. The molecule has 1 unspecified atom stereocenters. The van der Waals surface area contributed by atoms with E-state index in [2.05, 4.69) is 47.5 Å². The summed E-state index contributed by atoms with van der Waals surface area (Å²) in [4.78, 5) is 4.39. The summed E-state index contributed by atoms with van der Waals surface area (Å²) in [5, 5.41) is 7.36. The van der Waals surface area contributed by atoms with Crippen molar-refractivity contribution in [1.82, 2.24) is 15.5 Å². The quantitative estimate of drug-likeness (QED) is 0.722. The van der Waals surface area contributed by atoms with E-state index in [9.17, 15) is 4.39 Å². The molecule has 3 aromatic rings. The van der Waals surface area contributed by atoms with E-state index in [1.165, 1.54) is 17.7 Å². The molecule has 0 amide bonds. The van der Waals surface area contributed by atoms with Crippen LogP contribution < -0.4 is 10.1 Å². The van der Waals surface area contributed by atoms with Crippen LogP contribution in [0, 0.1) is 5.82 Å². The van der Waals surface area contributed by atoms with Gasteiger partial charge in [-0.1, -0.05) is 35.5 Å². The third-order valence-electron chi connectivity index (χ3n) is 4.67. The van der Waals surface area contributed by atoms with Gasteiger partial charge in [0.05, 0.1) is 6.04 Å². The number of rotatable bonds is 5. The van der Waals surface area contributed by atoms with Gasteiger partial charge in [-0.15, -0.1) is 0 Å². The van der Waals surface area contributed by atoms with E-state index in [1.54, 1.807) is 12.1 Å². The molecule has 1 N–H and O–H groups in total. The number of nitrogens with one attached hydrogen (secondary N) is 1. The van der Waals surface area contributed by atoms with Crippen LogP contribution in [-0.4, -0.2) is 15.7 Å². The molecule has 0 fully saturated rings. The Labute approximate surface area is 157 Å². The van der Waals surface area contributed by atoms with Crippen LogP contribution in [0.2, 0.25) is 0 Å². The lowest BCUT2D eigenvalue weighted by molar-refractivity contribution is 0.137. The predicted molar refractivity (Wildman–Crippen MR) is 99.8 cm³/mol. The van der Waals surface area contributed by atoms with Gasteiger partial charge in [0.15, 0.2) is 0 Å². The fraction of sp³-hybridized carbons (Fsp3) is 0.333. The zero-order chi connectivity index (χ0) is 19.0. The van der Waals surface area contributed by atoms with Crippen molar-refractivity contribution in [2.24, 2.45) is 0 Å². The van der Waals surface area contributed by atoms with E-state index >= 15 is 0 Å². The highest BCUT2D eigenvalue weighted by Crippen LogP contribution is 2.37. The number of hydrogen-bond donors (Lipinski definition) is 1. The summed E-state index contributed by atoms with van der Waals surface area (Å²) in [6, 6.07) is 12.2. The molecule has 5 nitrogen and oxygen atoms in total. The number of para-hydroxylation sites is 1. The largest absolute Gasteiger partial charge is 0.487 e. The molecule has 2 heterocycles. The zero-order valence-corrected chi connectivity index (χ0v) is 15.6. The summed E-state index contributed by atoms with van der Waals surface area (Å²) in [7, 11) is 0. The Kier molecular flexibility index (Phi) is 4.44. The van der Waals surface area contributed by atoms with Crippen molar-refractivity contribution in [3.05, 3.63) is 65.3 Å². The first kappa shape index (κ1) is 17.7. The highest BCUT2D eigenvalue weighted by atomic mass is 19.1.